The predicted molar refractivity (Wildman–Crippen MR) is 112 cm³/mol. The molecule has 152 valence electrons. The smallest absolute Gasteiger partial charge is 0.337 e. The number of nitro benzene ring substituents is 1. The number of aromatic carboxylic acids is 1. The fraction of sp³-hybridized carbons (Fsp3) is 0.0476. The standard InChI is InChI=1S/C21H15ClN2O6/c1-12-2-6-15(18(10-12)24(28)29)19-8-4-14(30-19)5-9-20(25)23-13-3-7-17(22)16(11-13)21(26)27/h2-11H,1H3,(H,23,25)(H,26,27)/b9-5+. The van der Waals surface area contributed by atoms with Crippen LogP contribution >= 0.6 is 11.6 Å². The van der Waals surface area contributed by atoms with E-state index in [0.717, 1.165) is 5.56 Å². The van der Waals surface area contributed by atoms with Crippen LogP contribution in [-0.2, 0) is 4.79 Å². The molecule has 0 aliphatic heterocycles. The second-order valence-electron chi connectivity index (χ2n) is 6.30. The van der Waals surface area contributed by atoms with Gasteiger partial charge in [0.25, 0.3) is 5.69 Å². The van der Waals surface area contributed by atoms with E-state index in [1.165, 1.54) is 36.4 Å². The number of hydrogen-bond donors (Lipinski definition) is 2. The van der Waals surface area contributed by atoms with Crippen molar-refractivity contribution in [1.29, 1.82) is 0 Å². The molecule has 3 rings (SSSR count). The highest BCUT2D eigenvalue weighted by atomic mass is 35.5. The third-order valence-corrected chi connectivity index (χ3v) is 4.44. The summed E-state index contributed by atoms with van der Waals surface area (Å²) in [5.41, 5.74) is 1.14. The van der Waals surface area contributed by atoms with E-state index in [9.17, 15) is 19.7 Å². The fourth-order valence-corrected chi connectivity index (χ4v) is 2.90. The Kier molecular flexibility index (Phi) is 5.98. The highest BCUT2D eigenvalue weighted by Gasteiger charge is 2.18. The van der Waals surface area contributed by atoms with Gasteiger partial charge in [-0.25, -0.2) is 4.79 Å². The monoisotopic (exact) mass is 426 g/mol. The number of carbonyl (C=O) groups is 2. The Labute approximate surface area is 175 Å². The van der Waals surface area contributed by atoms with E-state index in [2.05, 4.69) is 5.32 Å². The summed E-state index contributed by atoms with van der Waals surface area (Å²) in [5, 5.41) is 22.9. The number of carboxylic acids is 1. The number of nitro groups is 1. The largest absolute Gasteiger partial charge is 0.478 e. The van der Waals surface area contributed by atoms with Crippen LogP contribution in [0.25, 0.3) is 17.4 Å². The number of aryl methyl sites for hydroxylation is 1. The van der Waals surface area contributed by atoms with Crippen LogP contribution < -0.4 is 5.32 Å². The van der Waals surface area contributed by atoms with Crippen LogP contribution in [0.15, 0.2) is 59.0 Å². The van der Waals surface area contributed by atoms with Gasteiger partial charge in [0.1, 0.15) is 11.5 Å². The molecule has 30 heavy (non-hydrogen) atoms. The van der Waals surface area contributed by atoms with E-state index >= 15 is 0 Å². The van der Waals surface area contributed by atoms with Gasteiger partial charge in [-0.3, -0.25) is 14.9 Å². The van der Waals surface area contributed by atoms with Crippen molar-refractivity contribution < 1.29 is 24.0 Å². The molecule has 0 aliphatic rings. The van der Waals surface area contributed by atoms with Crippen LogP contribution in [0.1, 0.15) is 21.7 Å². The Balaban J connectivity index is 1.75. The molecule has 0 fully saturated rings. The minimum absolute atomic E-state index is 0.0596. The summed E-state index contributed by atoms with van der Waals surface area (Å²) in [6, 6.07) is 12.1. The van der Waals surface area contributed by atoms with Gasteiger partial charge in [-0.2, -0.15) is 0 Å². The summed E-state index contributed by atoms with van der Waals surface area (Å²) in [7, 11) is 0. The average molecular weight is 427 g/mol. The van der Waals surface area contributed by atoms with Crippen molar-refractivity contribution in [3.63, 3.8) is 0 Å². The molecule has 1 aromatic heterocycles. The number of benzene rings is 2. The molecule has 0 unspecified atom stereocenters. The van der Waals surface area contributed by atoms with Crippen molar-refractivity contribution in [2.24, 2.45) is 0 Å². The van der Waals surface area contributed by atoms with Crippen LogP contribution in [-0.4, -0.2) is 21.9 Å². The number of halogens is 1. The highest BCUT2D eigenvalue weighted by molar-refractivity contribution is 6.33. The number of carbonyl (C=O) groups excluding carboxylic acids is 1. The van der Waals surface area contributed by atoms with Gasteiger partial charge in [0.2, 0.25) is 5.91 Å². The molecular formula is C21H15ClN2O6. The molecule has 0 spiro atoms. The normalized spacial score (nSPS) is 10.9. The average Bonchev–Trinajstić information content (AvgIpc) is 3.16. The Morgan fingerprint density at radius 2 is 1.93 bits per heavy atom. The van der Waals surface area contributed by atoms with Crippen LogP contribution in [0.2, 0.25) is 5.02 Å². The number of anilines is 1. The van der Waals surface area contributed by atoms with Crippen molar-refractivity contribution in [3.8, 4) is 11.3 Å². The summed E-state index contributed by atoms with van der Waals surface area (Å²) < 4.78 is 5.60. The van der Waals surface area contributed by atoms with Gasteiger partial charge in [0.05, 0.1) is 21.1 Å². The molecule has 1 heterocycles. The SMILES string of the molecule is Cc1ccc(-c2ccc(/C=C/C(=O)Nc3ccc(Cl)c(C(=O)O)c3)o2)c([N+](=O)[O-])c1. The lowest BCUT2D eigenvalue weighted by Crippen LogP contribution is -2.09. The van der Waals surface area contributed by atoms with Gasteiger partial charge in [0, 0.05) is 17.8 Å². The molecule has 2 N–H and O–H groups in total. The number of rotatable bonds is 6. The van der Waals surface area contributed by atoms with Gasteiger partial charge in [-0.05, 0) is 55.0 Å². The zero-order valence-corrected chi connectivity index (χ0v) is 16.3. The third kappa shape index (κ3) is 4.73. The van der Waals surface area contributed by atoms with Crippen LogP contribution in [0, 0.1) is 17.0 Å². The lowest BCUT2D eigenvalue weighted by atomic mass is 10.1. The summed E-state index contributed by atoms with van der Waals surface area (Å²) in [4.78, 5) is 34.0. The van der Waals surface area contributed by atoms with E-state index < -0.39 is 16.8 Å². The second kappa shape index (κ2) is 8.62. The summed E-state index contributed by atoms with van der Waals surface area (Å²) in [6.07, 6.45) is 2.59. The Hall–Kier alpha value is -3.91. The lowest BCUT2D eigenvalue weighted by Gasteiger charge is -2.04. The minimum atomic E-state index is -1.21. The molecule has 0 atom stereocenters. The maximum absolute atomic E-state index is 12.1. The zero-order valence-electron chi connectivity index (χ0n) is 15.6. The highest BCUT2D eigenvalue weighted by Crippen LogP contribution is 2.32. The molecule has 0 saturated carbocycles. The Morgan fingerprint density at radius 1 is 1.17 bits per heavy atom. The van der Waals surface area contributed by atoms with Gasteiger partial charge >= 0.3 is 5.97 Å². The molecule has 3 aromatic rings. The van der Waals surface area contributed by atoms with Gasteiger partial charge < -0.3 is 14.8 Å². The summed E-state index contributed by atoms with van der Waals surface area (Å²) >= 11 is 5.80. The van der Waals surface area contributed by atoms with Crippen molar-refractivity contribution >= 4 is 40.9 Å². The van der Waals surface area contributed by atoms with E-state index in [1.807, 2.05) is 0 Å². The van der Waals surface area contributed by atoms with Crippen LogP contribution in [0.5, 0.6) is 0 Å². The minimum Gasteiger partial charge on any atom is -0.478 e. The van der Waals surface area contributed by atoms with E-state index in [1.54, 1.807) is 31.2 Å². The molecule has 0 bridgehead atoms. The molecular weight excluding hydrogens is 412 g/mol. The van der Waals surface area contributed by atoms with Crippen LogP contribution in [0.4, 0.5) is 11.4 Å². The Morgan fingerprint density at radius 3 is 2.63 bits per heavy atom. The topological polar surface area (TPSA) is 123 Å². The molecule has 0 radical (unpaired) electrons. The first-order valence-electron chi connectivity index (χ1n) is 8.62. The maximum atomic E-state index is 12.1. The van der Waals surface area contributed by atoms with Crippen molar-refractivity contribution in [2.45, 2.75) is 6.92 Å². The quantitative estimate of drug-likeness (QED) is 0.318. The zero-order chi connectivity index (χ0) is 21.8. The van der Waals surface area contributed by atoms with Gasteiger partial charge in [-0.1, -0.05) is 17.7 Å². The molecule has 0 saturated heterocycles. The molecule has 0 aliphatic carbocycles. The number of hydrogen-bond acceptors (Lipinski definition) is 5. The van der Waals surface area contributed by atoms with E-state index in [-0.39, 0.29) is 22.0 Å². The molecule has 2 aromatic carbocycles. The number of amides is 1. The first-order chi connectivity index (χ1) is 14.2. The Bertz CT molecular complexity index is 1180. The second-order valence-corrected chi connectivity index (χ2v) is 6.71. The number of nitrogens with one attached hydrogen (secondary N) is 1. The number of carboxylic acid groups (broad SMARTS) is 1. The number of nitrogens with zero attached hydrogens (tertiary/aromatic N) is 1. The van der Waals surface area contributed by atoms with Gasteiger partial charge in [-0.15, -0.1) is 0 Å². The number of furan rings is 1. The van der Waals surface area contributed by atoms with Crippen molar-refractivity contribution in [1.82, 2.24) is 0 Å². The van der Waals surface area contributed by atoms with Crippen LogP contribution in [0.3, 0.4) is 0 Å². The van der Waals surface area contributed by atoms with Gasteiger partial charge in [0.15, 0.2) is 0 Å². The molecule has 8 nitrogen and oxygen atoms in total. The maximum Gasteiger partial charge on any atom is 0.337 e. The summed E-state index contributed by atoms with van der Waals surface area (Å²) in [6.45, 7) is 1.76. The summed E-state index contributed by atoms with van der Waals surface area (Å²) in [5.74, 6) is -1.12. The van der Waals surface area contributed by atoms with E-state index in [4.69, 9.17) is 21.1 Å². The lowest BCUT2D eigenvalue weighted by molar-refractivity contribution is -0.384. The first kappa shape index (κ1) is 20.8. The molecule has 9 heteroatoms. The molecule has 1 amide bonds. The fourth-order valence-electron chi connectivity index (χ4n) is 2.70. The third-order valence-electron chi connectivity index (χ3n) is 4.11. The predicted octanol–water partition coefficient (Wildman–Crippen LogP) is 5.17. The van der Waals surface area contributed by atoms with Crippen molar-refractivity contribution in [3.05, 3.63) is 86.6 Å². The van der Waals surface area contributed by atoms with Crippen molar-refractivity contribution in [2.75, 3.05) is 5.32 Å². The first-order valence-corrected chi connectivity index (χ1v) is 8.99. The van der Waals surface area contributed by atoms with E-state index in [0.29, 0.717) is 17.1 Å².